The molecule has 0 spiro atoms. The predicted molar refractivity (Wildman–Crippen MR) is 123 cm³/mol. The van der Waals surface area contributed by atoms with Crippen molar-refractivity contribution in [1.29, 1.82) is 0 Å². The van der Waals surface area contributed by atoms with Gasteiger partial charge in [0.25, 0.3) is 0 Å². The first kappa shape index (κ1) is 19.8. The molecule has 8 heteroatoms. The van der Waals surface area contributed by atoms with Gasteiger partial charge in [0.05, 0.1) is 12.1 Å². The summed E-state index contributed by atoms with van der Waals surface area (Å²) in [4.78, 5) is 25.2. The van der Waals surface area contributed by atoms with Crippen molar-refractivity contribution in [2.24, 2.45) is 7.05 Å². The van der Waals surface area contributed by atoms with E-state index >= 15 is 0 Å². The lowest BCUT2D eigenvalue weighted by atomic mass is 10.1. The zero-order valence-electron chi connectivity index (χ0n) is 17.3. The van der Waals surface area contributed by atoms with Gasteiger partial charge in [-0.1, -0.05) is 17.7 Å². The highest BCUT2D eigenvalue weighted by Crippen LogP contribution is 2.24. The van der Waals surface area contributed by atoms with E-state index in [4.69, 9.17) is 17.3 Å². The van der Waals surface area contributed by atoms with Crippen LogP contribution in [0.1, 0.15) is 11.3 Å². The smallest absolute Gasteiger partial charge is 0.237 e. The molecule has 3 heterocycles. The van der Waals surface area contributed by atoms with Crippen LogP contribution < -0.4 is 5.73 Å². The monoisotopic (exact) mass is 434 g/mol. The molecule has 0 atom stereocenters. The fraction of sp³-hybridized carbons (Fsp3) is 0.261. The van der Waals surface area contributed by atoms with E-state index in [1.165, 1.54) is 12.0 Å². The maximum Gasteiger partial charge on any atom is 0.237 e. The Labute approximate surface area is 185 Å². The summed E-state index contributed by atoms with van der Waals surface area (Å²) >= 11 is 6.13. The minimum absolute atomic E-state index is 0.135. The van der Waals surface area contributed by atoms with Crippen molar-refractivity contribution >= 4 is 45.1 Å². The molecule has 158 valence electrons. The number of fused-ring (bicyclic) bond motifs is 2. The van der Waals surface area contributed by atoms with Crippen LogP contribution in [-0.4, -0.2) is 49.9 Å². The number of aryl methyl sites for hydroxylation is 1. The molecular formula is C23H23ClN6O. The number of piperazine rings is 1. The maximum absolute atomic E-state index is 12.8. The van der Waals surface area contributed by atoms with Crippen molar-refractivity contribution in [1.82, 2.24) is 24.3 Å². The molecule has 2 aromatic carbocycles. The standard InChI is InChI=1S/C23H23ClN6O/c1-28-18(10-16-9-17(24)3-5-21(16)28)12-29-6-7-30(22(31)13-29)11-15-2-4-19-20(8-15)26-14-27-23(19)25/h2-5,8-10,14H,6-7,11-13H2,1H3,(H2,25,26,27). The molecule has 1 saturated heterocycles. The Kier molecular flexibility index (Phi) is 5.00. The van der Waals surface area contributed by atoms with Gasteiger partial charge in [-0.05, 0) is 42.0 Å². The molecular weight excluding hydrogens is 412 g/mol. The molecule has 4 aromatic rings. The van der Waals surface area contributed by atoms with Gasteiger partial charge in [0.2, 0.25) is 5.91 Å². The average Bonchev–Trinajstić information content (AvgIpc) is 3.04. The Balaban J connectivity index is 1.27. The number of hydrogen-bond donors (Lipinski definition) is 1. The first-order valence-corrected chi connectivity index (χ1v) is 10.6. The third kappa shape index (κ3) is 3.82. The zero-order valence-corrected chi connectivity index (χ0v) is 18.0. The highest BCUT2D eigenvalue weighted by atomic mass is 35.5. The molecule has 1 aliphatic heterocycles. The fourth-order valence-corrected chi connectivity index (χ4v) is 4.44. The van der Waals surface area contributed by atoms with E-state index in [-0.39, 0.29) is 5.91 Å². The van der Waals surface area contributed by atoms with E-state index in [9.17, 15) is 4.79 Å². The summed E-state index contributed by atoms with van der Waals surface area (Å²) in [5, 5.41) is 2.69. The van der Waals surface area contributed by atoms with Gasteiger partial charge >= 0.3 is 0 Å². The Bertz CT molecular complexity index is 1300. The third-order valence-corrected chi connectivity index (χ3v) is 6.23. The van der Waals surface area contributed by atoms with E-state index < -0.39 is 0 Å². The van der Waals surface area contributed by atoms with E-state index in [0.717, 1.165) is 45.5 Å². The number of nitrogens with zero attached hydrogens (tertiary/aromatic N) is 5. The summed E-state index contributed by atoms with van der Waals surface area (Å²) in [6.45, 7) is 3.23. The van der Waals surface area contributed by atoms with Crippen LogP contribution >= 0.6 is 11.6 Å². The fourth-order valence-electron chi connectivity index (χ4n) is 4.26. The van der Waals surface area contributed by atoms with E-state index in [1.807, 2.05) is 41.3 Å². The molecule has 1 fully saturated rings. The minimum atomic E-state index is 0.135. The lowest BCUT2D eigenvalue weighted by Gasteiger charge is -2.34. The lowest BCUT2D eigenvalue weighted by molar-refractivity contribution is -0.136. The van der Waals surface area contributed by atoms with Crippen molar-refractivity contribution in [2.75, 3.05) is 25.4 Å². The van der Waals surface area contributed by atoms with E-state index in [0.29, 0.717) is 25.5 Å². The Morgan fingerprint density at radius 2 is 1.94 bits per heavy atom. The normalized spacial score (nSPS) is 15.3. The number of hydrogen-bond acceptors (Lipinski definition) is 5. The molecule has 2 N–H and O–H groups in total. The molecule has 0 saturated carbocycles. The van der Waals surface area contributed by atoms with Crippen LogP contribution in [0.4, 0.5) is 5.82 Å². The Hall–Kier alpha value is -3.16. The van der Waals surface area contributed by atoms with Crippen LogP contribution in [0.5, 0.6) is 0 Å². The topological polar surface area (TPSA) is 80.3 Å². The quantitative estimate of drug-likeness (QED) is 0.533. The molecule has 0 radical (unpaired) electrons. The lowest BCUT2D eigenvalue weighted by Crippen LogP contribution is -2.49. The summed E-state index contributed by atoms with van der Waals surface area (Å²) < 4.78 is 2.17. The van der Waals surface area contributed by atoms with Gasteiger partial charge in [0.15, 0.2) is 0 Å². The summed E-state index contributed by atoms with van der Waals surface area (Å²) in [7, 11) is 2.06. The van der Waals surface area contributed by atoms with E-state index in [2.05, 4.69) is 32.5 Å². The van der Waals surface area contributed by atoms with Crippen LogP contribution in [0, 0.1) is 0 Å². The number of nitrogens with two attached hydrogens (primary N) is 1. The van der Waals surface area contributed by atoms with Gasteiger partial charge in [0.1, 0.15) is 12.1 Å². The Morgan fingerprint density at radius 3 is 2.77 bits per heavy atom. The maximum atomic E-state index is 12.8. The molecule has 0 unspecified atom stereocenters. The van der Waals surface area contributed by atoms with Crippen LogP contribution in [0.15, 0.2) is 48.8 Å². The second-order valence-electron chi connectivity index (χ2n) is 8.03. The van der Waals surface area contributed by atoms with Gasteiger partial charge in [-0.2, -0.15) is 0 Å². The number of anilines is 1. The molecule has 0 bridgehead atoms. The first-order chi connectivity index (χ1) is 15.0. The van der Waals surface area contributed by atoms with Crippen molar-refractivity contribution in [3.8, 4) is 0 Å². The van der Waals surface area contributed by atoms with Gasteiger partial charge in [-0.15, -0.1) is 0 Å². The number of rotatable bonds is 4. The Morgan fingerprint density at radius 1 is 1.06 bits per heavy atom. The second kappa shape index (κ2) is 7.83. The van der Waals surface area contributed by atoms with Crippen molar-refractivity contribution in [2.45, 2.75) is 13.1 Å². The van der Waals surface area contributed by atoms with Crippen molar-refractivity contribution < 1.29 is 4.79 Å². The predicted octanol–water partition coefficient (Wildman–Crippen LogP) is 3.20. The highest BCUT2D eigenvalue weighted by Gasteiger charge is 2.25. The van der Waals surface area contributed by atoms with Crippen molar-refractivity contribution in [3.05, 3.63) is 65.1 Å². The molecule has 0 aliphatic carbocycles. The zero-order chi connectivity index (χ0) is 21.5. The van der Waals surface area contributed by atoms with Crippen molar-refractivity contribution in [3.63, 3.8) is 0 Å². The van der Waals surface area contributed by atoms with Crippen LogP contribution in [0.3, 0.4) is 0 Å². The summed E-state index contributed by atoms with van der Waals surface area (Å²) in [6.07, 6.45) is 1.46. The number of nitrogen functional groups attached to an aromatic ring is 1. The van der Waals surface area contributed by atoms with E-state index in [1.54, 1.807) is 0 Å². The van der Waals surface area contributed by atoms with Crippen LogP contribution in [0.25, 0.3) is 21.8 Å². The molecule has 5 rings (SSSR count). The highest BCUT2D eigenvalue weighted by molar-refractivity contribution is 6.31. The molecule has 2 aromatic heterocycles. The largest absolute Gasteiger partial charge is 0.383 e. The minimum Gasteiger partial charge on any atom is -0.383 e. The number of halogens is 1. The number of aromatic nitrogens is 3. The first-order valence-electron chi connectivity index (χ1n) is 10.2. The number of amides is 1. The summed E-state index contributed by atoms with van der Waals surface area (Å²) in [5.41, 5.74) is 10.1. The van der Waals surface area contributed by atoms with Crippen LogP contribution in [0.2, 0.25) is 5.02 Å². The number of benzene rings is 2. The summed E-state index contributed by atoms with van der Waals surface area (Å²) in [5.74, 6) is 0.604. The number of carbonyl (C=O) groups excluding carboxylic acids is 1. The molecule has 7 nitrogen and oxygen atoms in total. The molecule has 31 heavy (non-hydrogen) atoms. The van der Waals surface area contributed by atoms with Crippen LogP contribution in [-0.2, 0) is 24.9 Å². The SMILES string of the molecule is Cn1c(CN2CCN(Cc3ccc4c(N)ncnc4c3)C(=O)C2)cc2cc(Cl)ccc21. The van der Waals surface area contributed by atoms with Gasteiger partial charge in [-0.25, -0.2) is 9.97 Å². The van der Waals surface area contributed by atoms with Gasteiger partial charge in [-0.3, -0.25) is 9.69 Å². The summed E-state index contributed by atoms with van der Waals surface area (Å²) in [6, 6.07) is 14.0. The second-order valence-corrected chi connectivity index (χ2v) is 8.47. The number of carbonyl (C=O) groups is 1. The average molecular weight is 435 g/mol. The third-order valence-electron chi connectivity index (χ3n) is 5.99. The molecule has 1 aliphatic rings. The van der Waals surface area contributed by atoms with Gasteiger partial charge in [0, 0.05) is 60.2 Å². The molecule has 1 amide bonds. The van der Waals surface area contributed by atoms with Gasteiger partial charge < -0.3 is 15.2 Å².